The van der Waals surface area contributed by atoms with E-state index in [1.165, 1.54) is 12.8 Å². The molecule has 0 aromatic heterocycles. The summed E-state index contributed by atoms with van der Waals surface area (Å²) in [5.74, 6) is 0. The predicted molar refractivity (Wildman–Crippen MR) is 89.0 cm³/mol. The van der Waals surface area contributed by atoms with E-state index in [4.69, 9.17) is 0 Å². The molecule has 1 aromatic carbocycles. The molecular weight excluding hydrogens is 312 g/mol. The predicted octanol–water partition coefficient (Wildman–Crippen LogP) is 2.58. The normalized spacial score (nSPS) is 20.6. The fourth-order valence-electron chi connectivity index (χ4n) is 3.51. The Morgan fingerprint density at radius 3 is 2.22 bits per heavy atom. The molecular formula is C17H24N2O3S. The van der Waals surface area contributed by atoms with Crippen molar-refractivity contribution in [3.05, 3.63) is 30.3 Å². The second kappa shape index (κ2) is 6.91. The summed E-state index contributed by atoms with van der Waals surface area (Å²) in [5.41, 5.74) is 0. The standard InChI is InChI=1S/C17H24N2O3S/c20-17(18-14-6-4-5-7-14)19-12-10-16(11-13-19)23(21,22)15-8-2-1-3-9-15/h1-3,8-9,14,16H,4-7,10-13H2,(H,18,20). The van der Waals surface area contributed by atoms with Crippen LogP contribution >= 0.6 is 0 Å². The smallest absolute Gasteiger partial charge is 0.317 e. The monoisotopic (exact) mass is 336 g/mol. The highest BCUT2D eigenvalue weighted by molar-refractivity contribution is 7.92. The zero-order valence-electron chi connectivity index (χ0n) is 13.3. The Kier molecular flexibility index (Phi) is 4.90. The molecule has 6 heteroatoms. The minimum Gasteiger partial charge on any atom is -0.335 e. The number of rotatable bonds is 3. The Morgan fingerprint density at radius 1 is 1.00 bits per heavy atom. The number of likely N-dealkylation sites (tertiary alicyclic amines) is 1. The summed E-state index contributed by atoms with van der Waals surface area (Å²) in [6, 6.07) is 8.87. The molecule has 0 spiro atoms. The minimum atomic E-state index is -3.29. The first-order chi connectivity index (χ1) is 11.1. The molecule has 5 nitrogen and oxygen atoms in total. The van der Waals surface area contributed by atoms with Gasteiger partial charge in [-0.05, 0) is 37.8 Å². The summed E-state index contributed by atoms with van der Waals surface area (Å²) in [5, 5.41) is 2.68. The molecule has 0 unspecified atom stereocenters. The van der Waals surface area contributed by atoms with Crippen LogP contribution < -0.4 is 5.32 Å². The van der Waals surface area contributed by atoms with E-state index in [-0.39, 0.29) is 11.3 Å². The van der Waals surface area contributed by atoms with E-state index in [1.54, 1.807) is 29.2 Å². The molecule has 1 aliphatic carbocycles. The van der Waals surface area contributed by atoms with Crippen molar-refractivity contribution in [2.45, 2.75) is 54.7 Å². The van der Waals surface area contributed by atoms with Crippen LogP contribution in [-0.2, 0) is 9.84 Å². The number of amides is 2. The zero-order chi connectivity index (χ0) is 16.3. The first kappa shape index (κ1) is 16.3. The molecule has 2 amide bonds. The number of sulfone groups is 1. The van der Waals surface area contributed by atoms with Crippen LogP contribution in [0.2, 0.25) is 0 Å². The third-order valence-electron chi connectivity index (χ3n) is 4.92. The van der Waals surface area contributed by atoms with Crippen molar-refractivity contribution in [3.63, 3.8) is 0 Å². The second-order valence-electron chi connectivity index (χ2n) is 6.48. The summed E-state index contributed by atoms with van der Waals surface area (Å²) in [6.07, 6.45) is 5.50. The minimum absolute atomic E-state index is 0.0348. The van der Waals surface area contributed by atoms with Crippen LogP contribution in [0, 0.1) is 0 Å². The fourth-order valence-corrected chi connectivity index (χ4v) is 5.26. The van der Waals surface area contributed by atoms with Gasteiger partial charge in [0.15, 0.2) is 9.84 Å². The average molecular weight is 336 g/mol. The topological polar surface area (TPSA) is 66.5 Å². The molecule has 2 aliphatic rings. The van der Waals surface area contributed by atoms with Crippen LogP contribution in [-0.4, -0.2) is 43.7 Å². The Labute approximate surface area is 138 Å². The van der Waals surface area contributed by atoms with E-state index in [2.05, 4.69) is 5.32 Å². The van der Waals surface area contributed by atoms with Gasteiger partial charge in [-0.25, -0.2) is 13.2 Å². The SMILES string of the molecule is O=C(NC1CCCC1)N1CCC(S(=O)(=O)c2ccccc2)CC1. The molecule has 0 atom stereocenters. The quantitative estimate of drug-likeness (QED) is 0.922. The molecule has 1 saturated carbocycles. The van der Waals surface area contributed by atoms with Gasteiger partial charge in [-0.3, -0.25) is 0 Å². The molecule has 0 bridgehead atoms. The summed E-state index contributed by atoms with van der Waals surface area (Å²) in [4.78, 5) is 14.4. The lowest BCUT2D eigenvalue weighted by Gasteiger charge is -2.32. The molecule has 3 rings (SSSR count). The van der Waals surface area contributed by atoms with Crippen LogP contribution in [0.1, 0.15) is 38.5 Å². The number of urea groups is 1. The number of benzene rings is 1. The van der Waals surface area contributed by atoms with E-state index >= 15 is 0 Å². The van der Waals surface area contributed by atoms with Gasteiger partial charge in [0.1, 0.15) is 0 Å². The van der Waals surface area contributed by atoms with Gasteiger partial charge in [0.2, 0.25) is 0 Å². The lowest BCUT2D eigenvalue weighted by atomic mass is 10.1. The maximum absolute atomic E-state index is 12.6. The molecule has 1 heterocycles. The molecule has 2 fully saturated rings. The number of carbonyl (C=O) groups excluding carboxylic acids is 1. The molecule has 1 saturated heterocycles. The summed E-state index contributed by atoms with van der Waals surface area (Å²) >= 11 is 0. The number of nitrogens with zero attached hydrogens (tertiary/aromatic N) is 1. The Morgan fingerprint density at radius 2 is 1.61 bits per heavy atom. The van der Waals surface area contributed by atoms with Crippen molar-refractivity contribution in [3.8, 4) is 0 Å². The Balaban J connectivity index is 1.56. The van der Waals surface area contributed by atoms with Crippen molar-refractivity contribution < 1.29 is 13.2 Å². The van der Waals surface area contributed by atoms with E-state index in [9.17, 15) is 13.2 Å². The number of hydrogen-bond acceptors (Lipinski definition) is 3. The van der Waals surface area contributed by atoms with Gasteiger partial charge < -0.3 is 10.2 Å². The summed E-state index contributed by atoms with van der Waals surface area (Å²) in [7, 11) is -3.29. The van der Waals surface area contributed by atoms with Gasteiger partial charge in [0.25, 0.3) is 0 Å². The van der Waals surface area contributed by atoms with Gasteiger partial charge in [0.05, 0.1) is 10.1 Å². The number of nitrogens with one attached hydrogen (secondary N) is 1. The van der Waals surface area contributed by atoms with Crippen molar-refractivity contribution in [2.75, 3.05) is 13.1 Å². The largest absolute Gasteiger partial charge is 0.335 e. The highest BCUT2D eigenvalue weighted by Crippen LogP contribution is 2.25. The highest BCUT2D eigenvalue weighted by atomic mass is 32.2. The summed E-state index contributed by atoms with van der Waals surface area (Å²) < 4.78 is 25.2. The van der Waals surface area contributed by atoms with Gasteiger partial charge in [0, 0.05) is 19.1 Å². The second-order valence-corrected chi connectivity index (χ2v) is 8.70. The molecule has 1 N–H and O–H groups in total. The Hall–Kier alpha value is -1.56. The van der Waals surface area contributed by atoms with E-state index in [0.29, 0.717) is 36.9 Å². The summed E-state index contributed by atoms with van der Waals surface area (Å²) in [6.45, 7) is 1.02. The van der Waals surface area contributed by atoms with Crippen LogP contribution in [0.3, 0.4) is 0 Å². The zero-order valence-corrected chi connectivity index (χ0v) is 14.1. The number of carbonyl (C=O) groups is 1. The first-order valence-electron chi connectivity index (χ1n) is 8.42. The third-order valence-corrected chi connectivity index (χ3v) is 7.20. The molecule has 23 heavy (non-hydrogen) atoms. The van der Waals surface area contributed by atoms with Gasteiger partial charge in [-0.15, -0.1) is 0 Å². The molecule has 126 valence electrons. The number of piperidine rings is 1. The van der Waals surface area contributed by atoms with Gasteiger partial charge >= 0.3 is 6.03 Å². The average Bonchev–Trinajstić information content (AvgIpc) is 3.09. The third kappa shape index (κ3) is 3.68. The van der Waals surface area contributed by atoms with Crippen molar-refractivity contribution in [1.82, 2.24) is 10.2 Å². The van der Waals surface area contributed by atoms with E-state index in [0.717, 1.165) is 12.8 Å². The van der Waals surface area contributed by atoms with Crippen molar-refractivity contribution >= 4 is 15.9 Å². The maximum Gasteiger partial charge on any atom is 0.317 e. The molecule has 0 radical (unpaired) electrons. The number of hydrogen-bond donors (Lipinski definition) is 1. The lowest BCUT2D eigenvalue weighted by Crippen LogP contribution is -2.49. The molecule has 1 aliphatic heterocycles. The van der Waals surface area contributed by atoms with Crippen LogP contribution in [0.15, 0.2) is 35.2 Å². The van der Waals surface area contributed by atoms with Gasteiger partial charge in [-0.1, -0.05) is 31.0 Å². The first-order valence-corrected chi connectivity index (χ1v) is 9.96. The van der Waals surface area contributed by atoms with E-state index in [1.807, 2.05) is 6.07 Å². The van der Waals surface area contributed by atoms with Gasteiger partial charge in [-0.2, -0.15) is 0 Å². The lowest BCUT2D eigenvalue weighted by molar-refractivity contribution is 0.183. The maximum atomic E-state index is 12.6. The highest BCUT2D eigenvalue weighted by Gasteiger charge is 2.33. The van der Waals surface area contributed by atoms with Crippen molar-refractivity contribution in [1.29, 1.82) is 0 Å². The Bertz CT molecular complexity index is 631. The van der Waals surface area contributed by atoms with Crippen LogP contribution in [0.25, 0.3) is 0 Å². The van der Waals surface area contributed by atoms with E-state index < -0.39 is 9.84 Å². The van der Waals surface area contributed by atoms with Crippen molar-refractivity contribution in [2.24, 2.45) is 0 Å². The van der Waals surface area contributed by atoms with Crippen LogP contribution in [0.4, 0.5) is 4.79 Å². The fraction of sp³-hybridized carbons (Fsp3) is 0.588. The van der Waals surface area contributed by atoms with Crippen LogP contribution in [0.5, 0.6) is 0 Å². The molecule has 1 aromatic rings.